The molecule has 0 bridgehead atoms. The van der Waals surface area contributed by atoms with Crippen LogP contribution in [0, 0.1) is 15.9 Å². The van der Waals surface area contributed by atoms with Crippen LogP contribution in [0.25, 0.3) is 0 Å². The molecule has 0 aliphatic carbocycles. The Bertz CT molecular complexity index is 345. The molecule has 1 rings (SSSR count). The van der Waals surface area contributed by atoms with Gasteiger partial charge in [-0.1, -0.05) is 11.6 Å². The quantitative estimate of drug-likeness (QED) is 0.439. The smallest absolute Gasteiger partial charge is 0.258 e. The van der Waals surface area contributed by atoms with Gasteiger partial charge in [-0.2, -0.15) is 4.39 Å². The zero-order valence-corrected chi connectivity index (χ0v) is 7.89. The summed E-state index contributed by atoms with van der Waals surface area (Å²) in [7, 11) is 0. The summed E-state index contributed by atoms with van der Waals surface area (Å²) in [6.45, 7) is 0. The first-order valence-corrected chi connectivity index (χ1v) is 3.99. The molecule has 0 amide bonds. The largest absolute Gasteiger partial charge is 0.306 e. The van der Waals surface area contributed by atoms with Gasteiger partial charge < -0.3 is 0 Å². The van der Waals surface area contributed by atoms with Crippen LogP contribution in [-0.4, -0.2) is 4.92 Å². The first-order valence-electron chi connectivity index (χ1n) is 2.82. The van der Waals surface area contributed by atoms with Crippen LogP contribution in [0.1, 0.15) is 0 Å². The van der Waals surface area contributed by atoms with Crippen LogP contribution in [-0.2, 0) is 0 Å². The van der Waals surface area contributed by atoms with Crippen LogP contribution in [0.2, 0.25) is 5.02 Å². The summed E-state index contributed by atoms with van der Waals surface area (Å²) in [4.78, 5) is 9.38. The molecule has 1 aromatic rings. The highest BCUT2D eigenvalue weighted by Crippen LogP contribution is 2.31. The normalized spacial score (nSPS) is 9.92. The van der Waals surface area contributed by atoms with Crippen LogP contribution >= 0.6 is 27.5 Å². The summed E-state index contributed by atoms with van der Waals surface area (Å²) < 4.78 is 12.9. The summed E-state index contributed by atoms with van der Waals surface area (Å²) >= 11 is 8.27. The van der Waals surface area contributed by atoms with E-state index in [2.05, 4.69) is 15.9 Å². The SMILES string of the molecule is O=[N+]([O-])c1ccc(Cl)c(Br)c1F. The van der Waals surface area contributed by atoms with Gasteiger partial charge in [0.15, 0.2) is 0 Å². The maximum absolute atomic E-state index is 12.9. The molecule has 64 valence electrons. The second-order valence-corrected chi connectivity index (χ2v) is 3.15. The predicted octanol–water partition coefficient (Wildman–Crippen LogP) is 3.15. The number of nitrogens with zero attached hydrogens (tertiary/aromatic N) is 1. The molecule has 0 fully saturated rings. The summed E-state index contributed by atoms with van der Waals surface area (Å²) in [5.74, 6) is -0.951. The van der Waals surface area contributed by atoms with Crippen LogP contribution < -0.4 is 0 Å². The van der Waals surface area contributed by atoms with Crippen molar-refractivity contribution < 1.29 is 9.31 Å². The Morgan fingerprint density at radius 2 is 2.17 bits per heavy atom. The molecule has 0 N–H and O–H groups in total. The van der Waals surface area contributed by atoms with Gasteiger partial charge in [0.1, 0.15) is 0 Å². The first kappa shape index (κ1) is 9.41. The number of halogens is 3. The Morgan fingerprint density at radius 3 is 2.67 bits per heavy atom. The van der Waals surface area contributed by atoms with Crippen molar-refractivity contribution in [2.75, 3.05) is 0 Å². The lowest BCUT2D eigenvalue weighted by molar-refractivity contribution is -0.387. The molecule has 3 nitrogen and oxygen atoms in total. The molecule has 1 aromatic carbocycles. The molecular formula is C6H2BrClFNO2. The van der Waals surface area contributed by atoms with E-state index in [1.165, 1.54) is 6.07 Å². The van der Waals surface area contributed by atoms with Gasteiger partial charge in [0.2, 0.25) is 5.82 Å². The van der Waals surface area contributed by atoms with Crippen molar-refractivity contribution in [2.24, 2.45) is 0 Å². The molecule has 0 atom stereocenters. The highest BCUT2D eigenvalue weighted by atomic mass is 79.9. The molecule has 0 radical (unpaired) electrons. The molecule has 0 unspecified atom stereocenters. The number of nitro groups is 1. The third-order valence-electron chi connectivity index (χ3n) is 1.21. The fourth-order valence-electron chi connectivity index (χ4n) is 0.657. The van der Waals surface area contributed by atoms with Gasteiger partial charge in [0.25, 0.3) is 0 Å². The number of hydrogen-bond acceptors (Lipinski definition) is 2. The van der Waals surface area contributed by atoms with E-state index in [0.29, 0.717) is 0 Å². The standard InChI is InChI=1S/C6H2BrClFNO2/c7-5-3(8)1-2-4(6(5)9)10(11)12/h1-2H. The Morgan fingerprint density at radius 1 is 1.58 bits per heavy atom. The highest BCUT2D eigenvalue weighted by molar-refractivity contribution is 9.10. The summed E-state index contributed by atoms with van der Waals surface area (Å²) in [5, 5.41) is 10.3. The van der Waals surface area contributed by atoms with E-state index in [0.717, 1.165) is 6.07 Å². The third-order valence-corrected chi connectivity index (χ3v) is 2.53. The van der Waals surface area contributed by atoms with Gasteiger partial charge in [-0.15, -0.1) is 0 Å². The molecule has 12 heavy (non-hydrogen) atoms. The third kappa shape index (κ3) is 1.56. The monoisotopic (exact) mass is 253 g/mol. The summed E-state index contributed by atoms with van der Waals surface area (Å²) in [6.07, 6.45) is 0. The van der Waals surface area contributed by atoms with Gasteiger partial charge in [-0.05, 0) is 22.0 Å². The van der Waals surface area contributed by atoms with Crippen LogP contribution in [0.15, 0.2) is 16.6 Å². The lowest BCUT2D eigenvalue weighted by Gasteiger charge is -1.97. The second-order valence-electron chi connectivity index (χ2n) is 1.95. The Labute approximate surface area is 80.4 Å². The molecule has 0 saturated heterocycles. The second kappa shape index (κ2) is 3.37. The van der Waals surface area contributed by atoms with Gasteiger partial charge in [0.05, 0.1) is 14.4 Å². The van der Waals surface area contributed by atoms with E-state index in [4.69, 9.17) is 11.6 Å². The molecule has 6 heteroatoms. The van der Waals surface area contributed by atoms with Crippen LogP contribution in [0.5, 0.6) is 0 Å². The van der Waals surface area contributed by atoms with Crippen molar-refractivity contribution in [1.82, 2.24) is 0 Å². The lowest BCUT2D eigenvalue weighted by atomic mass is 10.3. The fourth-order valence-corrected chi connectivity index (χ4v) is 1.14. The zero-order chi connectivity index (χ0) is 9.30. The van der Waals surface area contributed by atoms with Crippen molar-refractivity contribution in [2.45, 2.75) is 0 Å². The molecule has 0 saturated carbocycles. The molecule has 0 aromatic heterocycles. The van der Waals surface area contributed by atoms with Gasteiger partial charge in [0, 0.05) is 6.07 Å². The van der Waals surface area contributed by atoms with E-state index in [-0.39, 0.29) is 9.50 Å². The topological polar surface area (TPSA) is 43.1 Å². The van der Waals surface area contributed by atoms with E-state index < -0.39 is 16.4 Å². The number of rotatable bonds is 1. The molecule has 0 heterocycles. The van der Waals surface area contributed by atoms with Crippen molar-refractivity contribution >= 4 is 33.2 Å². The van der Waals surface area contributed by atoms with E-state index in [1.54, 1.807) is 0 Å². The van der Waals surface area contributed by atoms with Crippen LogP contribution in [0.3, 0.4) is 0 Å². The average Bonchev–Trinajstić information content (AvgIpc) is 2.00. The minimum Gasteiger partial charge on any atom is -0.258 e. The number of nitro benzene ring substituents is 1. The first-order chi connectivity index (χ1) is 5.54. The van der Waals surface area contributed by atoms with E-state index in [1.807, 2.05) is 0 Å². The van der Waals surface area contributed by atoms with Gasteiger partial charge >= 0.3 is 5.69 Å². The Hall–Kier alpha value is -0.680. The van der Waals surface area contributed by atoms with Crippen molar-refractivity contribution in [3.8, 4) is 0 Å². The zero-order valence-electron chi connectivity index (χ0n) is 5.55. The average molecular weight is 254 g/mol. The van der Waals surface area contributed by atoms with E-state index in [9.17, 15) is 14.5 Å². The Kier molecular flexibility index (Phi) is 2.64. The lowest BCUT2D eigenvalue weighted by Crippen LogP contribution is -1.92. The molecule has 0 aliphatic rings. The molecule has 0 aliphatic heterocycles. The minimum atomic E-state index is -0.951. The number of hydrogen-bond donors (Lipinski definition) is 0. The highest BCUT2D eigenvalue weighted by Gasteiger charge is 2.18. The summed E-state index contributed by atoms with van der Waals surface area (Å²) in [5.41, 5.74) is -0.591. The summed E-state index contributed by atoms with van der Waals surface area (Å²) in [6, 6.07) is 2.27. The van der Waals surface area contributed by atoms with Crippen molar-refractivity contribution in [1.29, 1.82) is 0 Å². The van der Waals surface area contributed by atoms with Gasteiger partial charge in [-0.3, -0.25) is 10.1 Å². The van der Waals surface area contributed by atoms with Crippen molar-refractivity contribution in [3.63, 3.8) is 0 Å². The van der Waals surface area contributed by atoms with Crippen molar-refractivity contribution in [3.05, 3.63) is 37.6 Å². The minimum absolute atomic E-state index is 0.0848. The molecule has 0 spiro atoms. The van der Waals surface area contributed by atoms with E-state index >= 15 is 0 Å². The van der Waals surface area contributed by atoms with Crippen LogP contribution in [0.4, 0.5) is 10.1 Å². The predicted molar refractivity (Wildman–Crippen MR) is 45.8 cm³/mol. The Balaban J connectivity index is 3.36. The fraction of sp³-hybridized carbons (Fsp3) is 0. The maximum atomic E-state index is 12.9. The number of benzene rings is 1. The maximum Gasteiger partial charge on any atom is 0.306 e. The molecular weight excluding hydrogens is 252 g/mol. The van der Waals surface area contributed by atoms with Gasteiger partial charge in [-0.25, -0.2) is 0 Å².